The zero-order valence-corrected chi connectivity index (χ0v) is 19.6. The quantitative estimate of drug-likeness (QED) is 0.285. The van der Waals surface area contributed by atoms with Crippen molar-refractivity contribution >= 4 is 46.3 Å². The summed E-state index contributed by atoms with van der Waals surface area (Å²) in [7, 11) is 0. The molecule has 0 fully saturated rings. The second kappa shape index (κ2) is 9.79. The minimum Gasteiger partial charge on any atom is -0.326 e. The van der Waals surface area contributed by atoms with E-state index in [9.17, 15) is 14.0 Å². The molecule has 0 radical (unpaired) electrons. The van der Waals surface area contributed by atoms with Gasteiger partial charge >= 0.3 is 0 Å². The van der Waals surface area contributed by atoms with Gasteiger partial charge in [0.1, 0.15) is 5.82 Å². The van der Waals surface area contributed by atoms with Crippen molar-refractivity contribution < 1.29 is 14.0 Å². The minimum absolute atomic E-state index is 0.133. The number of carbonyl (C=O) groups is 2. The molecule has 2 amide bonds. The van der Waals surface area contributed by atoms with Crippen molar-refractivity contribution in [1.29, 1.82) is 0 Å². The molecule has 0 saturated heterocycles. The van der Waals surface area contributed by atoms with Gasteiger partial charge in [0.2, 0.25) is 11.8 Å². The van der Waals surface area contributed by atoms with E-state index in [1.54, 1.807) is 0 Å². The third kappa shape index (κ3) is 5.18. The van der Waals surface area contributed by atoms with Gasteiger partial charge in [-0.2, -0.15) is 0 Å². The van der Waals surface area contributed by atoms with Gasteiger partial charge in [0.15, 0.2) is 4.34 Å². The lowest BCUT2D eigenvalue weighted by molar-refractivity contribution is -0.116. The molecule has 0 saturated carbocycles. The molecule has 0 spiro atoms. The molecule has 3 aromatic carbocycles. The lowest BCUT2D eigenvalue weighted by Gasteiger charge is -2.07. The molecule has 2 N–H and O–H groups in total. The number of amides is 2. The molecular weight excluding hydrogens is 469 g/mol. The number of nitrogens with zero attached hydrogens (tertiary/aromatic N) is 1. The summed E-state index contributed by atoms with van der Waals surface area (Å²) in [6.45, 7) is 0. The largest absolute Gasteiger partial charge is 0.326 e. The first kappa shape index (κ1) is 22.3. The Labute approximate surface area is 204 Å². The molecule has 34 heavy (non-hydrogen) atoms. The average Bonchev–Trinajstić information content (AvgIpc) is 3.42. The van der Waals surface area contributed by atoms with E-state index in [1.165, 1.54) is 69.6 Å². The van der Waals surface area contributed by atoms with Crippen LogP contribution in [0.2, 0.25) is 0 Å². The highest BCUT2D eigenvalue weighted by Crippen LogP contribution is 2.37. The Morgan fingerprint density at radius 3 is 2.50 bits per heavy atom. The van der Waals surface area contributed by atoms with Crippen LogP contribution in [-0.4, -0.2) is 22.6 Å². The van der Waals surface area contributed by atoms with Crippen LogP contribution in [0, 0.1) is 5.82 Å². The van der Waals surface area contributed by atoms with E-state index in [-0.39, 0.29) is 29.8 Å². The number of anilines is 2. The van der Waals surface area contributed by atoms with E-state index in [0.717, 1.165) is 12.1 Å². The van der Waals surface area contributed by atoms with Gasteiger partial charge in [0.25, 0.3) is 0 Å². The van der Waals surface area contributed by atoms with Gasteiger partial charge in [-0.1, -0.05) is 42.1 Å². The molecule has 1 aliphatic carbocycles. The Morgan fingerprint density at radius 2 is 1.65 bits per heavy atom. The number of fused-ring (bicyclic) bond motifs is 3. The van der Waals surface area contributed by atoms with Gasteiger partial charge < -0.3 is 10.6 Å². The van der Waals surface area contributed by atoms with Gasteiger partial charge in [-0.3, -0.25) is 9.59 Å². The Balaban J connectivity index is 1.12. The summed E-state index contributed by atoms with van der Waals surface area (Å²) >= 11 is 2.70. The maximum Gasteiger partial charge on any atom is 0.234 e. The fraction of sp³-hybridized carbons (Fsp3) is 0.115. The van der Waals surface area contributed by atoms with Crippen molar-refractivity contribution in [2.75, 3.05) is 16.4 Å². The summed E-state index contributed by atoms with van der Waals surface area (Å²) in [5.41, 5.74) is 6.98. The van der Waals surface area contributed by atoms with Gasteiger partial charge in [-0.05, 0) is 65.1 Å². The van der Waals surface area contributed by atoms with Crippen molar-refractivity contribution in [3.05, 3.63) is 94.7 Å². The number of benzene rings is 3. The molecule has 1 aliphatic rings. The van der Waals surface area contributed by atoms with Gasteiger partial charge in [0, 0.05) is 16.8 Å². The molecule has 4 aromatic rings. The third-order valence-corrected chi connectivity index (χ3v) is 7.47. The van der Waals surface area contributed by atoms with Crippen LogP contribution in [0.15, 0.2) is 76.4 Å². The summed E-state index contributed by atoms with van der Waals surface area (Å²) in [5.74, 6) is -0.515. The Bertz CT molecular complexity index is 1370. The molecule has 170 valence electrons. The summed E-state index contributed by atoms with van der Waals surface area (Å²) in [6, 6.07) is 20.0. The standard InChI is InChI=1S/C26H20FN3O2S2/c27-18-5-7-19(8-6-18)28-25(32)15-34-26-30-21(14-33-26)13-24(31)29-20-9-10-23-17(12-20)11-16-3-1-2-4-22(16)23/h1-10,12,14H,11,13,15H2,(H,28,32)(H,29,31). The van der Waals surface area contributed by atoms with E-state index in [4.69, 9.17) is 0 Å². The minimum atomic E-state index is -0.353. The predicted molar refractivity (Wildman–Crippen MR) is 135 cm³/mol. The van der Waals surface area contributed by atoms with Crippen LogP contribution in [0.5, 0.6) is 0 Å². The Morgan fingerprint density at radius 1 is 0.912 bits per heavy atom. The van der Waals surface area contributed by atoms with Gasteiger partial charge in [-0.15, -0.1) is 11.3 Å². The van der Waals surface area contributed by atoms with Crippen molar-refractivity contribution in [2.24, 2.45) is 0 Å². The van der Waals surface area contributed by atoms with Gasteiger partial charge in [0.05, 0.1) is 17.9 Å². The molecule has 5 nitrogen and oxygen atoms in total. The fourth-order valence-corrected chi connectivity index (χ4v) is 5.53. The van der Waals surface area contributed by atoms with Crippen LogP contribution >= 0.6 is 23.1 Å². The second-order valence-electron chi connectivity index (χ2n) is 7.88. The lowest BCUT2D eigenvalue weighted by atomic mass is 10.1. The Kier molecular flexibility index (Phi) is 6.42. The molecule has 0 aliphatic heterocycles. The van der Waals surface area contributed by atoms with E-state index in [0.29, 0.717) is 15.7 Å². The normalized spacial score (nSPS) is 11.6. The molecule has 0 atom stereocenters. The smallest absolute Gasteiger partial charge is 0.234 e. The topological polar surface area (TPSA) is 71.1 Å². The summed E-state index contributed by atoms with van der Waals surface area (Å²) in [4.78, 5) is 29.1. The molecule has 5 rings (SSSR count). The van der Waals surface area contributed by atoms with Crippen molar-refractivity contribution in [3.8, 4) is 11.1 Å². The highest BCUT2D eigenvalue weighted by atomic mass is 32.2. The summed E-state index contributed by atoms with van der Waals surface area (Å²) < 4.78 is 13.7. The molecule has 1 aromatic heterocycles. The third-order valence-electron chi connectivity index (χ3n) is 5.40. The number of hydrogen-bond acceptors (Lipinski definition) is 5. The number of thioether (sulfide) groups is 1. The summed E-state index contributed by atoms with van der Waals surface area (Å²) in [6.07, 6.45) is 1.03. The monoisotopic (exact) mass is 489 g/mol. The van der Waals surface area contributed by atoms with Gasteiger partial charge in [-0.25, -0.2) is 9.37 Å². The zero-order chi connectivity index (χ0) is 23.5. The first-order chi connectivity index (χ1) is 16.5. The van der Waals surface area contributed by atoms with Crippen LogP contribution < -0.4 is 10.6 Å². The molecule has 0 unspecified atom stereocenters. The molecule has 8 heteroatoms. The second-order valence-corrected chi connectivity index (χ2v) is 9.96. The van der Waals surface area contributed by atoms with Crippen LogP contribution in [0.1, 0.15) is 16.8 Å². The molecular formula is C26H20FN3O2S2. The summed E-state index contributed by atoms with van der Waals surface area (Å²) in [5, 5.41) is 7.51. The maximum atomic E-state index is 13.0. The highest BCUT2D eigenvalue weighted by molar-refractivity contribution is 8.01. The molecule has 0 bridgehead atoms. The SMILES string of the molecule is O=C(CSc1nc(CC(=O)Nc2ccc3c(c2)Cc2ccccc2-3)cs1)Nc1ccc(F)cc1. The van der Waals surface area contributed by atoms with Crippen molar-refractivity contribution in [3.63, 3.8) is 0 Å². The number of rotatable bonds is 7. The van der Waals surface area contributed by atoms with Crippen LogP contribution in [0.25, 0.3) is 11.1 Å². The number of nitrogens with one attached hydrogen (secondary N) is 2. The Hall–Kier alpha value is -3.49. The number of hydrogen-bond donors (Lipinski definition) is 2. The van der Waals surface area contributed by atoms with Crippen LogP contribution in [-0.2, 0) is 22.4 Å². The number of thiazole rings is 1. The lowest BCUT2D eigenvalue weighted by Crippen LogP contribution is -2.15. The number of halogens is 1. The van der Waals surface area contributed by atoms with Crippen LogP contribution in [0.3, 0.4) is 0 Å². The zero-order valence-electron chi connectivity index (χ0n) is 18.0. The van der Waals surface area contributed by atoms with E-state index in [2.05, 4.69) is 33.8 Å². The van der Waals surface area contributed by atoms with Crippen molar-refractivity contribution in [2.45, 2.75) is 17.2 Å². The number of carbonyl (C=O) groups excluding carboxylic acids is 2. The van der Waals surface area contributed by atoms with E-state index < -0.39 is 0 Å². The first-order valence-electron chi connectivity index (χ1n) is 10.7. The number of aromatic nitrogens is 1. The van der Waals surface area contributed by atoms with E-state index >= 15 is 0 Å². The maximum absolute atomic E-state index is 13.0. The predicted octanol–water partition coefficient (Wildman–Crippen LogP) is 5.77. The molecule has 1 heterocycles. The first-order valence-corrected chi connectivity index (χ1v) is 12.5. The fourth-order valence-electron chi connectivity index (χ4n) is 3.89. The van der Waals surface area contributed by atoms with Crippen molar-refractivity contribution in [1.82, 2.24) is 4.98 Å². The highest BCUT2D eigenvalue weighted by Gasteiger charge is 2.18. The van der Waals surface area contributed by atoms with Crippen LogP contribution in [0.4, 0.5) is 15.8 Å². The average molecular weight is 490 g/mol. The van der Waals surface area contributed by atoms with E-state index in [1.807, 2.05) is 29.6 Å².